The van der Waals surface area contributed by atoms with Crippen molar-refractivity contribution in [1.82, 2.24) is 0 Å². The molecule has 9 aromatic carbocycles. The van der Waals surface area contributed by atoms with E-state index in [1.807, 2.05) is 6.07 Å². The van der Waals surface area contributed by atoms with Crippen LogP contribution in [0.5, 0.6) is 11.5 Å². The Morgan fingerprint density at radius 3 is 1.64 bits per heavy atom. The number of hydrogen-bond donors (Lipinski definition) is 0. The summed E-state index contributed by atoms with van der Waals surface area (Å²) in [6, 6.07) is 63.0. The quantitative estimate of drug-likeness (QED) is 0.175. The predicted octanol–water partition coefficient (Wildman–Crippen LogP) is 12.9. The van der Waals surface area contributed by atoms with Gasteiger partial charge in [-0.05, 0) is 100 Å². The largest absolute Gasteiger partial charge is 0.456 e. The lowest BCUT2D eigenvalue weighted by atomic mass is 9.70. The number of hydrogen-bond acceptors (Lipinski definition) is 1. The van der Waals surface area contributed by atoms with Crippen LogP contribution >= 0.6 is 0 Å². The number of benzene rings is 9. The molecule has 0 saturated heterocycles. The third-order valence-corrected chi connectivity index (χ3v) is 11.7. The van der Waals surface area contributed by atoms with Crippen LogP contribution in [0.1, 0.15) is 22.3 Å². The smallest absolute Gasteiger partial charge is 0.135 e. The van der Waals surface area contributed by atoms with Crippen molar-refractivity contribution in [2.75, 3.05) is 0 Å². The molecule has 0 unspecified atom stereocenters. The van der Waals surface area contributed by atoms with Crippen LogP contribution in [0.2, 0.25) is 0 Å². The number of ether oxygens (including phenoxy) is 1. The minimum atomic E-state index is -0.449. The Labute approximate surface area is 289 Å². The highest BCUT2D eigenvalue weighted by molar-refractivity contribution is 6.16. The molecular formula is C49H28O. The Morgan fingerprint density at radius 1 is 0.300 bits per heavy atom. The van der Waals surface area contributed by atoms with Gasteiger partial charge in [0.1, 0.15) is 11.5 Å². The summed E-state index contributed by atoms with van der Waals surface area (Å²) in [6.45, 7) is 0. The maximum atomic E-state index is 6.51. The molecule has 2 aliphatic carbocycles. The summed E-state index contributed by atoms with van der Waals surface area (Å²) >= 11 is 0. The van der Waals surface area contributed by atoms with Crippen LogP contribution in [0.25, 0.3) is 76.8 Å². The minimum absolute atomic E-state index is 0.449. The average molecular weight is 633 g/mol. The van der Waals surface area contributed by atoms with Gasteiger partial charge in [-0.2, -0.15) is 0 Å². The fourth-order valence-corrected chi connectivity index (χ4v) is 9.80. The maximum Gasteiger partial charge on any atom is 0.135 e. The molecule has 1 heteroatoms. The predicted molar refractivity (Wildman–Crippen MR) is 206 cm³/mol. The van der Waals surface area contributed by atoms with Crippen LogP contribution in [-0.4, -0.2) is 0 Å². The molecule has 0 amide bonds. The first-order valence-corrected chi connectivity index (χ1v) is 17.4. The van der Waals surface area contributed by atoms with E-state index in [9.17, 15) is 0 Å². The van der Waals surface area contributed by atoms with Crippen molar-refractivity contribution in [3.8, 4) is 56.0 Å². The van der Waals surface area contributed by atoms with Gasteiger partial charge in [0.15, 0.2) is 0 Å². The van der Waals surface area contributed by atoms with Crippen LogP contribution in [0, 0.1) is 0 Å². The molecule has 1 spiro atoms. The van der Waals surface area contributed by atoms with Gasteiger partial charge in [-0.25, -0.2) is 0 Å². The van der Waals surface area contributed by atoms with E-state index >= 15 is 0 Å². The highest BCUT2D eigenvalue weighted by Crippen LogP contribution is 2.66. The second-order valence-electron chi connectivity index (χ2n) is 13.9. The molecular weight excluding hydrogens is 605 g/mol. The SMILES string of the molecule is c1ccc2c(c1)Oc1ccc(-c3cccc4c3-c3ccccc3C43c4ccc5ccccc5c4-c4c3ccc3ccccc43)c3cccc-2c13. The molecule has 0 atom stereocenters. The molecule has 3 aliphatic rings. The second kappa shape index (κ2) is 9.37. The first kappa shape index (κ1) is 26.5. The van der Waals surface area contributed by atoms with E-state index in [-0.39, 0.29) is 0 Å². The van der Waals surface area contributed by atoms with Gasteiger partial charge in [0.2, 0.25) is 0 Å². The minimum Gasteiger partial charge on any atom is -0.456 e. The van der Waals surface area contributed by atoms with E-state index in [2.05, 4.69) is 164 Å². The van der Waals surface area contributed by atoms with Crippen LogP contribution in [0.4, 0.5) is 0 Å². The summed E-state index contributed by atoms with van der Waals surface area (Å²) in [5.74, 6) is 1.83. The van der Waals surface area contributed by atoms with Gasteiger partial charge >= 0.3 is 0 Å². The number of para-hydroxylation sites is 1. The lowest BCUT2D eigenvalue weighted by molar-refractivity contribution is 0.487. The van der Waals surface area contributed by atoms with Gasteiger partial charge in [-0.1, -0.05) is 158 Å². The van der Waals surface area contributed by atoms with Crippen molar-refractivity contribution in [3.05, 3.63) is 192 Å². The lowest BCUT2D eigenvalue weighted by Gasteiger charge is -2.31. The zero-order chi connectivity index (χ0) is 32.6. The standard InChI is InChI=1S/C49H28O/c1-3-13-31-29(11-1)23-26-41-47(31)48-32-14-4-2-12-30(32)24-27-42(48)49(41)39-20-7-5-16-38(39)45-35(19-10-21-40(45)49)33-25-28-44-46-36(33)17-9-18-37(46)34-15-6-8-22-43(34)50-44/h1-28H. The van der Waals surface area contributed by atoms with Crippen molar-refractivity contribution in [2.24, 2.45) is 0 Å². The van der Waals surface area contributed by atoms with E-state index in [0.717, 1.165) is 17.1 Å². The van der Waals surface area contributed by atoms with Gasteiger partial charge in [0.05, 0.1) is 5.41 Å². The van der Waals surface area contributed by atoms with Gasteiger partial charge in [-0.3, -0.25) is 0 Å². The molecule has 1 heterocycles. The van der Waals surface area contributed by atoms with Crippen molar-refractivity contribution < 1.29 is 4.74 Å². The van der Waals surface area contributed by atoms with Crippen molar-refractivity contribution in [3.63, 3.8) is 0 Å². The average Bonchev–Trinajstić information content (AvgIpc) is 3.66. The van der Waals surface area contributed by atoms with Crippen molar-refractivity contribution >= 4 is 32.3 Å². The summed E-state index contributed by atoms with van der Waals surface area (Å²) < 4.78 is 6.51. The Morgan fingerprint density at radius 2 is 0.860 bits per heavy atom. The molecule has 9 aromatic rings. The molecule has 1 nitrogen and oxygen atoms in total. The van der Waals surface area contributed by atoms with Crippen LogP contribution < -0.4 is 4.74 Å². The molecule has 0 radical (unpaired) electrons. The Kier molecular flexibility index (Phi) is 4.97. The Bertz CT molecular complexity index is 2880. The topological polar surface area (TPSA) is 9.23 Å². The van der Waals surface area contributed by atoms with E-state index in [0.29, 0.717) is 0 Å². The first-order valence-electron chi connectivity index (χ1n) is 17.4. The summed E-state index contributed by atoms with van der Waals surface area (Å²) in [5, 5.41) is 7.56. The van der Waals surface area contributed by atoms with Gasteiger partial charge < -0.3 is 4.74 Å². The molecule has 0 fully saturated rings. The van der Waals surface area contributed by atoms with E-state index < -0.39 is 5.41 Å². The molecule has 0 bridgehead atoms. The highest BCUT2D eigenvalue weighted by Gasteiger charge is 2.53. The highest BCUT2D eigenvalue weighted by atomic mass is 16.5. The Balaban J connectivity index is 1.22. The fourth-order valence-electron chi connectivity index (χ4n) is 9.80. The summed E-state index contributed by atoms with van der Waals surface area (Å²) in [4.78, 5) is 0. The third kappa shape index (κ3) is 3.10. The second-order valence-corrected chi connectivity index (χ2v) is 13.9. The summed E-state index contributed by atoms with van der Waals surface area (Å²) in [5.41, 5.74) is 15.2. The number of rotatable bonds is 1. The van der Waals surface area contributed by atoms with Crippen molar-refractivity contribution in [1.29, 1.82) is 0 Å². The molecule has 0 aromatic heterocycles. The molecule has 0 saturated carbocycles. The first-order chi connectivity index (χ1) is 24.8. The maximum absolute atomic E-state index is 6.51. The van der Waals surface area contributed by atoms with Gasteiger partial charge in [-0.15, -0.1) is 0 Å². The molecule has 230 valence electrons. The monoisotopic (exact) mass is 632 g/mol. The zero-order valence-corrected chi connectivity index (χ0v) is 27.1. The fraction of sp³-hybridized carbons (Fsp3) is 0.0204. The molecule has 50 heavy (non-hydrogen) atoms. The number of fused-ring (bicyclic) bond motifs is 16. The third-order valence-electron chi connectivity index (χ3n) is 11.7. The van der Waals surface area contributed by atoms with Gasteiger partial charge in [0.25, 0.3) is 0 Å². The summed E-state index contributed by atoms with van der Waals surface area (Å²) in [7, 11) is 0. The zero-order valence-electron chi connectivity index (χ0n) is 27.1. The normalized spacial score (nSPS) is 13.9. The molecule has 12 rings (SSSR count). The van der Waals surface area contributed by atoms with E-state index in [1.54, 1.807) is 0 Å². The van der Waals surface area contributed by atoms with Gasteiger partial charge in [0, 0.05) is 10.9 Å². The molecule has 0 N–H and O–H groups in total. The molecule has 1 aliphatic heterocycles. The van der Waals surface area contributed by atoms with Crippen LogP contribution in [-0.2, 0) is 5.41 Å². The van der Waals surface area contributed by atoms with E-state index in [1.165, 1.54) is 93.5 Å². The van der Waals surface area contributed by atoms with Crippen LogP contribution in [0.15, 0.2) is 170 Å². The van der Waals surface area contributed by atoms with Crippen LogP contribution in [0.3, 0.4) is 0 Å². The Hall–Kier alpha value is -6.44. The van der Waals surface area contributed by atoms with E-state index in [4.69, 9.17) is 4.74 Å². The summed E-state index contributed by atoms with van der Waals surface area (Å²) in [6.07, 6.45) is 0. The van der Waals surface area contributed by atoms with Crippen molar-refractivity contribution in [2.45, 2.75) is 5.41 Å². The lowest BCUT2D eigenvalue weighted by Crippen LogP contribution is -2.25.